The van der Waals surface area contributed by atoms with Gasteiger partial charge in [-0.1, -0.05) is 52.4 Å². The highest BCUT2D eigenvalue weighted by atomic mass is 16.5. The molecule has 0 amide bonds. The fraction of sp³-hybridized carbons (Fsp3) is 1.00. The average Bonchev–Trinajstić information content (AvgIpc) is 2.82. The molecule has 0 radical (unpaired) electrons. The molecule has 0 aliphatic heterocycles. The normalized spacial score (nSPS) is 9.27. The zero-order valence-corrected chi connectivity index (χ0v) is 24.8. The maximum absolute atomic E-state index is 5.53. The standard InChI is InChI=1S/C12H26O.4C4H10O/c1-3-5-7-9-11-13-12-10-8-6-4-2;4*1-3-5-4-2/h3-12H2,1-2H3;4*3-4H2,1-2H3. The summed E-state index contributed by atoms with van der Waals surface area (Å²) < 4.78 is 24.9. The summed E-state index contributed by atoms with van der Waals surface area (Å²) in [6, 6.07) is 0. The molecule has 0 saturated heterocycles. The van der Waals surface area contributed by atoms with Gasteiger partial charge in [0.25, 0.3) is 0 Å². The van der Waals surface area contributed by atoms with Crippen molar-refractivity contribution in [2.24, 2.45) is 0 Å². The van der Waals surface area contributed by atoms with E-state index >= 15 is 0 Å². The van der Waals surface area contributed by atoms with E-state index in [1.165, 1.54) is 51.4 Å². The minimum absolute atomic E-state index is 0.844. The van der Waals surface area contributed by atoms with Gasteiger partial charge in [0, 0.05) is 66.1 Å². The van der Waals surface area contributed by atoms with Crippen LogP contribution in [0, 0.1) is 0 Å². The molecule has 0 aliphatic rings. The Labute approximate surface area is 210 Å². The monoisotopic (exact) mass is 482 g/mol. The molecule has 208 valence electrons. The van der Waals surface area contributed by atoms with Gasteiger partial charge in [-0.2, -0.15) is 0 Å². The van der Waals surface area contributed by atoms with Crippen LogP contribution in [0.4, 0.5) is 0 Å². The van der Waals surface area contributed by atoms with Crippen molar-refractivity contribution in [3.05, 3.63) is 0 Å². The Bertz CT molecular complexity index is 186. The van der Waals surface area contributed by atoms with E-state index in [4.69, 9.17) is 23.7 Å². The summed E-state index contributed by atoms with van der Waals surface area (Å²) in [6.07, 6.45) is 10.5. The Morgan fingerprint density at radius 1 is 0.273 bits per heavy atom. The Kier molecular flexibility index (Phi) is 75.5. The van der Waals surface area contributed by atoms with Gasteiger partial charge in [0.2, 0.25) is 0 Å². The van der Waals surface area contributed by atoms with Gasteiger partial charge in [0.1, 0.15) is 0 Å². The molecule has 33 heavy (non-hydrogen) atoms. The van der Waals surface area contributed by atoms with Crippen LogP contribution < -0.4 is 0 Å². The van der Waals surface area contributed by atoms with E-state index in [1.807, 2.05) is 55.4 Å². The van der Waals surface area contributed by atoms with E-state index in [0.29, 0.717) is 0 Å². The number of unbranched alkanes of at least 4 members (excludes halogenated alkanes) is 6. The molecule has 0 bridgehead atoms. The van der Waals surface area contributed by atoms with Crippen molar-refractivity contribution in [2.75, 3.05) is 66.1 Å². The molecular weight excluding hydrogens is 416 g/mol. The summed E-state index contributed by atoms with van der Waals surface area (Å²) in [5, 5.41) is 0. The fourth-order valence-corrected chi connectivity index (χ4v) is 2.18. The van der Waals surface area contributed by atoms with Crippen molar-refractivity contribution < 1.29 is 23.7 Å². The predicted octanol–water partition coefficient (Wildman–Crippen LogP) is 8.33. The van der Waals surface area contributed by atoms with Crippen molar-refractivity contribution >= 4 is 0 Å². The van der Waals surface area contributed by atoms with Gasteiger partial charge in [0.15, 0.2) is 0 Å². The van der Waals surface area contributed by atoms with Crippen molar-refractivity contribution in [2.45, 2.75) is 121 Å². The van der Waals surface area contributed by atoms with Gasteiger partial charge in [-0.05, 0) is 68.2 Å². The summed E-state index contributed by atoms with van der Waals surface area (Å²) in [6.45, 7) is 29.1. The second-order valence-electron chi connectivity index (χ2n) is 6.86. The Balaban J connectivity index is -0.000000109. The second kappa shape index (κ2) is 58.0. The summed E-state index contributed by atoms with van der Waals surface area (Å²) in [5.74, 6) is 0. The predicted molar refractivity (Wildman–Crippen MR) is 148 cm³/mol. The quantitative estimate of drug-likeness (QED) is 0.184. The first-order valence-corrected chi connectivity index (χ1v) is 14.0. The third-order valence-electron chi connectivity index (χ3n) is 3.92. The number of ether oxygens (including phenoxy) is 5. The molecular formula is C28H66O5. The molecule has 0 aromatic rings. The van der Waals surface area contributed by atoms with E-state index in [9.17, 15) is 0 Å². The first-order chi connectivity index (χ1) is 16.1. The summed E-state index contributed by atoms with van der Waals surface area (Å²) >= 11 is 0. The summed E-state index contributed by atoms with van der Waals surface area (Å²) in [4.78, 5) is 0. The highest BCUT2D eigenvalue weighted by molar-refractivity contribution is 4.42. The fourth-order valence-electron chi connectivity index (χ4n) is 2.18. The molecule has 5 heteroatoms. The molecule has 0 atom stereocenters. The second-order valence-corrected chi connectivity index (χ2v) is 6.86. The van der Waals surface area contributed by atoms with Crippen LogP contribution in [-0.4, -0.2) is 66.1 Å². The maximum Gasteiger partial charge on any atom is 0.0466 e. The first-order valence-electron chi connectivity index (χ1n) is 14.0. The van der Waals surface area contributed by atoms with Crippen LogP contribution in [0.5, 0.6) is 0 Å². The lowest BCUT2D eigenvalue weighted by Gasteiger charge is -2.03. The van der Waals surface area contributed by atoms with Gasteiger partial charge >= 0.3 is 0 Å². The van der Waals surface area contributed by atoms with Crippen LogP contribution in [0.2, 0.25) is 0 Å². The van der Waals surface area contributed by atoms with Crippen molar-refractivity contribution in [1.29, 1.82) is 0 Å². The number of hydrogen-bond donors (Lipinski definition) is 0. The van der Waals surface area contributed by atoms with Crippen LogP contribution in [0.15, 0.2) is 0 Å². The Hall–Kier alpha value is -0.200. The zero-order chi connectivity index (χ0) is 26.3. The third-order valence-corrected chi connectivity index (χ3v) is 3.92. The molecule has 0 rings (SSSR count). The van der Waals surface area contributed by atoms with Crippen molar-refractivity contribution in [1.82, 2.24) is 0 Å². The van der Waals surface area contributed by atoms with Gasteiger partial charge in [-0.25, -0.2) is 0 Å². The largest absolute Gasteiger partial charge is 0.382 e. The first kappa shape index (κ1) is 42.9. The average molecular weight is 483 g/mol. The third kappa shape index (κ3) is 89.1. The molecule has 0 heterocycles. The molecule has 5 nitrogen and oxygen atoms in total. The zero-order valence-electron chi connectivity index (χ0n) is 24.8. The SMILES string of the molecule is CCCCCCOCCCCCC.CCOCC.CCOCC.CCOCC.CCOCC. The lowest BCUT2D eigenvalue weighted by molar-refractivity contribution is 0.126. The van der Waals surface area contributed by atoms with E-state index < -0.39 is 0 Å². The highest BCUT2D eigenvalue weighted by Crippen LogP contribution is 2.01. The summed E-state index contributed by atoms with van der Waals surface area (Å²) in [7, 11) is 0. The minimum atomic E-state index is 0.844. The van der Waals surface area contributed by atoms with Crippen LogP contribution in [-0.2, 0) is 23.7 Å². The van der Waals surface area contributed by atoms with E-state index in [2.05, 4.69) is 13.8 Å². The molecule has 0 spiro atoms. The van der Waals surface area contributed by atoms with Gasteiger partial charge in [0.05, 0.1) is 0 Å². The van der Waals surface area contributed by atoms with Crippen LogP contribution in [0.1, 0.15) is 121 Å². The molecule has 0 aliphatic carbocycles. The molecule has 0 aromatic carbocycles. The highest BCUT2D eigenvalue weighted by Gasteiger charge is 1.90. The van der Waals surface area contributed by atoms with Crippen molar-refractivity contribution in [3.63, 3.8) is 0 Å². The number of rotatable bonds is 18. The molecule has 0 aromatic heterocycles. The lowest BCUT2D eigenvalue weighted by atomic mass is 10.2. The van der Waals surface area contributed by atoms with E-state index in [0.717, 1.165) is 66.1 Å². The Morgan fingerprint density at radius 3 is 0.667 bits per heavy atom. The Morgan fingerprint density at radius 2 is 0.515 bits per heavy atom. The lowest BCUT2D eigenvalue weighted by Crippen LogP contribution is -1.96. The maximum atomic E-state index is 5.53. The van der Waals surface area contributed by atoms with Crippen molar-refractivity contribution in [3.8, 4) is 0 Å². The van der Waals surface area contributed by atoms with E-state index in [-0.39, 0.29) is 0 Å². The van der Waals surface area contributed by atoms with Gasteiger partial charge in [-0.3, -0.25) is 0 Å². The minimum Gasteiger partial charge on any atom is -0.382 e. The van der Waals surface area contributed by atoms with Gasteiger partial charge in [-0.15, -0.1) is 0 Å². The number of hydrogen-bond acceptors (Lipinski definition) is 5. The van der Waals surface area contributed by atoms with Crippen LogP contribution in [0.3, 0.4) is 0 Å². The van der Waals surface area contributed by atoms with Gasteiger partial charge < -0.3 is 23.7 Å². The summed E-state index contributed by atoms with van der Waals surface area (Å²) in [5.41, 5.74) is 0. The molecule has 0 unspecified atom stereocenters. The molecule has 0 fully saturated rings. The van der Waals surface area contributed by atoms with Crippen LogP contribution in [0.25, 0.3) is 0 Å². The van der Waals surface area contributed by atoms with E-state index in [1.54, 1.807) is 0 Å². The smallest absolute Gasteiger partial charge is 0.0466 e. The topological polar surface area (TPSA) is 46.2 Å². The molecule has 0 N–H and O–H groups in total. The van der Waals surface area contributed by atoms with Crippen LogP contribution >= 0.6 is 0 Å². The molecule has 0 saturated carbocycles.